The Hall–Kier alpha value is -1.74. The number of carbonyl (C=O) groups excluding carboxylic acids is 1. The summed E-state index contributed by atoms with van der Waals surface area (Å²) < 4.78 is 0. The fourth-order valence-electron chi connectivity index (χ4n) is 2.02. The third kappa shape index (κ3) is 2.19. The normalized spacial score (nSPS) is 12.6. The van der Waals surface area contributed by atoms with Crippen molar-refractivity contribution in [3.8, 4) is 0 Å². The molecule has 2 rings (SSSR count). The average molecular weight is 228 g/mol. The minimum absolute atomic E-state index is 0.0891. The van der Waals surface area contributed by atoms with Crippen LogP contribution in [0.5, 0.6) is 0 Å². The third-order valence-corrected chi connectivity index (χ3v) is 3.09. The Balaban J connectivity index is 2.52. The van der Waals surface area contributed by atoms with E-state index in [0.717, 1.165) is 22.8 Å². The lowest BCUT2D eigenvalue weighted by molar-refractivity contribution is 0.0923. The molecule has 0 spiro atoms. The van der Waals surface area contributed by atoms with Crippen molar-refractivity contribution in [1.29, 1.82) is 0 Å². The maximum atomic E-state index is 12.3. The maximum Gasteiger partial charge on any atom is 0.167 e. The van der Waals surface area contributed by atoms with E-state index >= 15 is 0 Å². The summed E-state index contributed by atoms with van der Waals surface area (Å²) in [6, 6.07) is 7.60. The number of nitrogens with zero attached hydrogens (tertiary/aromatic N) is 1. The Labute approximate surface area is 101 Å². The lowest BCUT2D eigenvalue weighted by atomic mass is 9.92. The summed E-state index contributed by atoms with van der Waals surface area (Å²) in [4.78, 5) is 16.4. The fraction of sp³-hybridized carbons (Fsp3) is 0.286. The highest BCUT2D eigenvalue weighted by Crippen LogP contribution is 2.21. The number of fused-ring (bicyclic) bond motifs is 1. The first-order valence-electron chi connectivity index (χ1n) is 5.85. The first-order chi connectivity index (χ1) is 8.27. The Bertz CT molecular complexity index is 527. The molecular weight excluding hydrogens is 212 g/mol. The predicted molar refractivity (Wildman–Crippen MR) is 68.9 cm³/mol. The van der Waals surface area contributed by atoms with E-state index in [9.17, 15) is 4.79 Å². The summed E-state index contributed by atoms with van der Waals surface area (Å²) in [6.45, 7) is 2.39. The van der Waals surface area contributed by atoms with Crippen molar-refractivity contribution >= 4 is 16.6 Å². The fourth-order valence-corrected chi connectivity index (χ4v) is 2.02. The molecule has 1 unspecified atom stereocenters. The van der Waals surface area contributed by atoms with E-state index in [1.165, 1.54) is 0 Å². The van der Waals surface area contributed by atoms with E-state index in [4.69, 9.17) is 5.73 Å². The van der Waals surface area contributed by atoms with Crippen molar-refractivity contribution < 1.29 is 4.79 Å². The van der Waals surface area contributed by atoms with Gasteiger partial charge < -0.3 is 5.73 Å². The molecule has 0 saturated carbocycles. The maximum absolute atomic E-state index is 12.3. The van der Waals surface area contributed by atoms with Crippen molar-refractivity contribution in [2.45, 2.75) is 13.3 Å². The molecule has 2 N–H and O–H groups in total. The van der Waals surface area contributed by atoms with Crippen LogP contribution in [0.15, 0.2) is 36.7 Å². The van der Waals surface area contributed by atoms with Gasteiger partial charge in [-0.15, -0.1) is 0 Å². The molecule has 3 heteroatoms. The summed E-state index contributed by atoms with van der Waals surface area (Å²) in [5, 5.41) is 1.95. The molecule has 17 heavy (non-hydrogen) atoms. The van der Waals surface area contributed by atoms with Crippen molar-refractivity contribution in [3.63, 3.8) is 0 Å². The van der Waals surface area contributed by atoms with E-state index in [-0.39, 0.29) is 11.7 Å². The van der Waals surface area contributed by atoms with Gasteiger partial charge in [-0.3, -0.25) is 9.78 Å². The van der Waals surface area contributed by atoms with Crippen molar-refractivity contribution in [2.75, 3.05) is 6.54 Å². The number of carbonyl (C=O) groups is 1. The van der Waals surface area contributed by atoms with Crippen molar-refractivity contribution in [3.05, 3.63) is 42.2 Å². The van der Waals surface area contributed by atoms with Crippen LogP contribution < -0.4 is 5.73 Å². The Kier molecular flexibility index (Phi) is 3.49. The summed E-state index contributed by atoms with van der Waals surface area (Å²) in [5.74, 6) is 0.0422. The average Bonchev–Trinajstić information content (AvgIpc) is 2.39. The number of Topliss-reactive ketones (excluding diaryl/α,β-unsaturated/α-hetero) is 1. The molecular formula is C14H16N2O. The lowest BCUT2D eigenvalue weighted by Gasteiger charge is -2.12. The molecule has 0 aliphatic heterocycles. The molecule has 0 aliphatic rings. The first-order valence-corrected chi connectivity index (χ1v) is 5.85. The van der Waals surface area contributed by atoms with Gasteiger partial charge in [-0.1, -0.05) is 25.1 Å². The summed E-state index contributed by atoms with van der Waals surface area (Å²) in [6.07, 6.45) is 4.26. The molecule has 1 aromatic carbocycles. The summed E-state index contributed by atoms with van der Waals surface area (Å²) in [7, 11) is 0. The van der Waals surface area contributed by atoms with Gasteiger partial charge in [-0.25, -0.2) is 0 Å². The number of aromatic nitrogens is 1. The molecule has 1 heterocycles. The highest BCUT2D eigenvalue weighted by Gasteiger charge is 2.18. The SMILES string of the molecule is CCC(CN)C(=O)c1cccc2cnccc12. The number of hydrogen-bond donors (Lipinski definition) is 1. The van der Waals surface area contributed by atoms with E-state index in [1.54, 1.807) is 12.4 Å². The molecule has 88 valence electrons. The second kappa shape index (κ2) is 5.06. The topological polar surface area (TPSA) is 56.0 Å². The molecule has 0 fully saturated rings. The molecule has 3 nitrogen and oxygen atoms in total. The second-order valence-corrected chi connectivity index (χ2v) is 4.11. The zero-order chi connectivity index (χ0) is 12.3. The zero-order valence-corrected chi connectivity index (χ0v) is 9.89. The monoisotopic (exact) mass is 228 g/mol. The number of pyridine rings is 1. The predicted octanol–water partition coefficient (Wildman–Crippen LogP) is 2.40. The molecule has 2 aromatic rings. The highest BCUT2D eigenvalue weighted by molar-refractivity contribution is 6.08. The number of ketones is 1. The van der Waals surface area contributed by atoms with E-state index in [0.29, 0.717) is 6.54 Å². The van der Waals surface area contributed by atoms with Gasteiger partial charge in [0.15, 0.2) is 5.78 Å². The number of benzene rings is 1. The molecule has 1 atom stereocenters. The number of hydrogen-bond acceptors (Lipinski definition) is 3. The van der Waals surface area contributed by atoms with Crippen LogP contribution in [0.1, 0.15) is 23.7 Å². The molecule has 0 radical (unpaired) electrons. The molecule has 0 aliphatic carbocycles. The van der Waals surface area contributed by atoms with Gasteiger partial charge in [0.1, 0.15) is 0 Å². The first kappa shape index (κ1) is 11.7. The number of nitrogens with two attached hydrogens (primary N) is 1. The van der Waals surface area contributed by atoms with Gasteiger partial charge in [0.2, 0.25) is 0 Å². The smallest absolute Gasteiger partial charge is 0.167 e. The van der Waals surface area contributed by atoms with E-state index in [1.807, 2.05) is 31.2 Å². The van der Waals surface area contributed by atoms with Crippen LogP contribution in [0.25, 0.3) is 10.8 Å². The summed E-state index contributed by atoms with van der Waals surface area (Å²) in [5.41, 5.74) is 6.38. The summed E-state index contributed by atoms with van der Waals surface area (Å²) >= 11 is 0. The van der Waals surface area contributed by atoms with Gasteiger partial charge in [0, 0.05) is 35.8 Å². The minimum atomic E-state index is -0.0891. The third-order valence-electron chi connectivity index (χ3n) is 3.09. The van der Waals surface area contributed by atoms with Crippen LogP contribution in [-0.4, -0.2) is 17.3 Å². The molecule has 1 aromatic heterocycles. The largest absolute Gasteiger partial charge is 0.330 e. The van der Waals surface area contributed by atoms with E-state index < -0.39 is 0 Å². The van der Waals surface area contributed by atoms with Crippen LogP contribution in [0, 0.1) is 5.92 Å². The van der Waals surface area contributed by atoms with Gasteiger partial charge in [-0.05, 0) is 17.9 Å². The standard InChI is InChI=1S/C14H16N2O/c1-2-10(8-15)14(17)13-5-3-4-11-9-16-7-6-12(11)13/h3-7,9-10H,2,8,15H2,1H3. The van der Waals surface area contributed by atoms with Crippen LogP contribution in [0.3, 0.4) is 0 Å². The second-order valence-electron chi connectivity index (χ2n) is 4.11. The molecule has 0 bridgehead atoms. The van der Waals surface area contributed by atoms with Crippen molar-refractivity contribution in [2.24, 2.45) is 11.7 Å². The Morgan fingerprint density at radius 2 is 2.24 bits per heavy atom. The van der Waals surface area contributed by atoms with Crippen LogP contribution >= 0.6 is 0 Å². The zero-order valence-electron chi connectivity index (χ0n) is 9.89. The number of rotatable bonds is 4. The quantitative estimate of drug-likeness (QED) is 0.817. The van der Waals surface area contributed by atoms with Crippen LogP contribution in [0.4, 0.5) is 0 Å². The molecule has 0 amide bonds. The van der Waals surface area contributed by atoms with E-state index in [2.05, 4.69) is 4.98 Å². The Morgan fingerprint density at radius 1 is 1.41 bits per heavy atom. The minimum Gasteiger partial charge on any atom is -0.330 e. The highest BCUT2D eigenvalue weighted by atomic mass is 16.1. The van der Waals surface area contributed by atoms with Gasteiger partial charge >= 0.3 is 0 Å². The Morgan fingerprint density at radius 3 is 2.94 bits per heavy atom. The van der Waals surface area contributed by atoms with Gasteiger partial charge in [-0.2, -0.15) is 0 Å². The van der Waals surface area contributed by atoms with Crippen LogP contribution in [-0.2, 0) is 0 Å². The lowest BCUT2D eigenvalue weighted by Crippen LogP contribution is -2.23. The molecule has 0 saturated heterocycles. The van der Waals surface area contributed by atoms with Gasteiger partial charge in [0.25, 0.3) is 0 Å². The van der Waals surface area contributed by atoms with Gasteiger partial charge in [0.05, 0.1) is 0 Å². The van der Waals surface area contributed by atoms with Crippen molar-refractivity contribution in [1.82, 2.24) is 4.98 Å². The van der Waals surface area contributed by atoms with Crippen LogP contribution in [0.2, 0.25) is 0 Å².